The summed E-state index contributed by atoms with van der Waals surface area (Å²) < 4.78 is 10.9. The molecule has 13 heavy (non-hydrogen) atoms. The lowest BCUT2D eigenvalue weighted by molar-refractivity contribution is 0.0977. The summed E-state index contributed by atoms with van der Waals surface area (Å²) >= 11 is 0. The highest BCUT2D eigenvalue weighted by Crippen LogP contribution is 2.13. The van der Waals surface area contributed by atoms with E-state index in [0.717, 1.165) is 31.8 Å². The molecule has 0 amide bonds. The molecular formula is C10H19NO2. The molecular weight excluding hydrogens is 166 g/mol. The van der Waals surface area contributed by atoms with E-state index in [1.54, 1.807) is 0 Å². The Labute approximate surface area is 80.1 Å². The maximum absolute atomic E-state index is 5.55. The summed E-state index contributed by atoms with van der Waals surface area (Å²) in [6.07, 6.45) is 4.41. The number of nitrogens with one attached hydrogen (secondary N) is 1. The number of rotatable bonds is 5. The molecule has 0 saturated heterocycles. The number of hydrogen-bond acceptors (Lipinski definition) is 3. The van der Waals surface area contributed by atoms with Crippen molar-refractivity contribution in [2.24, 2.45) is 0 Å². The summed E-state index contributed by atoms with van der Waals surface area (Å²) in [6.45, 7) is 4.29. The van der Waals surface area contributed by atoms with Crippen LogP contribution in [0.4, 0.5) is 0 Å². The lowest BCUT2D eigenvalue weighted by atomic mass is 10.1. The molecule has 76 valence electrons. The van der Waals surface area contributed by atoms with Gasteiger partial charge in [0.25, 0.3) is 0 Å². The van der Waals surface area contributed by atoms with Crippen LogP contribution in [0.2, 0.25) is 0 Å². The minimum absolute atomic E-state index is 0.222. The first-order valence-corrected chi connectivity index (χ1v) is 4.96. The van der Waals surface area contributed by atoms with Gasteiger partial charge in [0.15, 0.2) is 0 Å². The predicted octanol–water partition coefficient (Wildman–Crippen LogP) is 1.31. The van der Waals surface area contributed by atoms with E-state index < -0.39 is 0 Å². The van der Waals surface area contributed by atoms with E-state index in [0.29, 0.717) is 6.61 Å². The molecule has 0 aliphatic carbocycles. The van der Waals surface area contributed by atoms with Gasteiger partial charge in [-0.25, -0.2) is 0 Å². The standard InChI is InChI=1S/C10H19NO2/c1-3-12-8-9(11-2)10-6-4-5-7-13-10/h6,9,11H,3-5,7-8H2,1-2H3. The zero-order valence-corrected chi connectivity index (χ0v) is 8.51. The smallest absolute Gasteiger partial charge is 0.111 e. The molecule has 3 nitrogen and oxygen atoms in total. The van der Waals surface area contributed by atoms with Gasteiger partial charge in [-0.2, -0.15) is 0 Å². The van der Waals surface area contributed by atoms with E-state index in [4.69, 9.17) is 9.47 Å². The maximum Gasteiger partial charge on any atom is 0.111 e. The number of likely N-dealkylation sites (N-methyl/N-ethyl adjacent to an activating group) is 1. The number of ether oxygens (including phenoxy) is 2. The van der Waals surface area contributed by atoms with Gasteiger partial charge in [-0.15, -0.1) is 0 Å². The first-order chi connectivity index (χ1) is 6.38. The number of hydrogen-bond donors (Lipinski definition) is 1. The van der Waals surface area contributed by atoms with E-state index >= 15 is 0 Å². The SMILES string of the molecule is CCOCC(NC)C1=CCCCO1. The third kappa shape index (κ3) is 3.36. The van der Waals surface area contributed by atoms with E-state index in [1.807, 2.05) is 14.0 Å². The fourth-order valence-electron chi connectivity index (χ4n) is 1.36. The molecule has 0 saturated carbocycles. The summed E-state index contributed by atoms with van der Waals surface area (Å²) in [5.74, 6) is 1.04. The van der Waals surface area contributed by atoms with Crippen molar-refractivity contribution in [1.29, 1.82) is 0 Å². The Hall–Kier alpha value is -0.540. The van der Waals surface area contributed by atoms with E-state index in [9.17, 15) is 0 Å². The lowest BCUT2D eigenvalue weighted by Crippen LogP contribution is -2.34. The molecule has 0 spiro atoms. The average molecular weight is 185 g/mol. The van der Waals surface area contributed by atoms with Crippen LogP contribution in [-0.4, -0.2) is 32.9 Å². The van der Waals surface area contributed by atoms with Crippen molar-refractivity contribution >= 4 is 0 Å². The Balaban J connectivity index is 2.39. The van der Waals surface area contributed by atoms with Crippen LogP contribution in [0.15, 0.2) is 11.8 Å². The monoisotopic (exact) mass is 185 g/mol. The molecule has 1 atom stereocenters. The van der Waals surface area contributed by atoms with Crippen LogP contribution in [-0.2, 0) is 9.47 Å². The molecule has 3 heteroatoms. The molecule has 1 aliphatic rings. The van der Waals surface area contributed by atoms with Crippen LogP contribution >= 0.6 is 0 Å². The predicted molar refractivity (Wildman–Crippen MR) is 52.6 cm³/mol. The van der Waals surface area contributed by atoms with Crippen molar-refractivity contribution < 1.29 is 9.47 Å². The van der Waals surface area contributed by atoms with Gasteiger partial charge in [0.1, 0.15) is 5.76 Å². The van der Waals surface area contributed by atoms with Gasteiger partial charge in [0.2, 0.25) is 0 Å². The number of allylic oxidation sites excluding steroid dienone is 1. The van der Waals surface area contributed by atoms with E-state index in [-0.39, 0.29) is 6.04 Å². The van der Waals surface area contributed by atoms with Crippen molar-refractivity contribution in [3.8, 4) is 0 Å². The van der Waals surface area contributed by atoms with Gasteiger partial charge < -0.3 is 14.8 Å². The highest BCUT2D eigenvalue weighted by molar-refractivity contribution is 5.05. The molecule has 1 N–H and O–H groups in total. The van der Waals surface area contributed by atoms with E-state index in [1.165, 1.54) is 0 Å². The summed E-state index contributed by atoms with van der Waals surface area (Å²) in [4.78, 5) is 0. The Bertz CT molecular complexity index is 168. The quantitative estimate of drug-likeness (QED) is 0.700. The lowest BCUT2D eigenvalue weighted by Gasteiger charge is -2.23. The highest BCUT2D eigenvalue weighted by atomic mass is 16.5. The second kappa shape index (κ2) is 6.00. The van der Waals surface area contributed by atoms with E-state index in [2.05, 4.69) is 11.4 Å². The minimum Gasteiger partial charge on any atom is -0.497 e. The zero-order chi connectivity index (χ0) is 9.52. The van der Waals surface area contributed by atoms with Crippen LogP contribution in [0, 0.1) is 0 Å². The second-order valence-electron chi connectivity index (χ2n) is 3.10. The summed E-state index contributed by atoms with van der Waals surface area (Å²) in [5.41, 5.74) is 0. The topological polar surface area (TPSA) is 30.5 Å². The molecule has 0 aromatic heterocycles. The molecule has 0 fully saturated rings. The van der Waals surface area contributed by atoms with Crippen molar-refractivity contribution in [1.82, 2.24) is 5.32 Å². The molecule has 0 bridgehead atoms. The third-order valence-electron chi connectivity index (χ3n) is 2.14. The summed E-state index contributed by atoms with van der Waals surface area (Å²) in [5, 5.41) is 3.19. The van der Waals surface area contributed by atoms with Crippen molar-refractivity contribution in [3.05, 3.63) is 11.8 Å². The first kappa shape index (κ1) is 10.5. The van der Waals surface area contributed by atoms with Gasteiger partial charge in [-0.1, -0.05) is 0 Å². The van der Waals surface area contributed by atoms with Crippen molar-refractivity contribution in [2.45, 2.75) is 25.8 Å². The first-order valence-electron chi connectivity index (χ1n) is 4.96. The molecule has 0 radical (unpaired) electrons. The molecule has 1 rings (SSSR count). The highest BCUT2D eigenvalue weighted by Gasteiger charge is 2.15. The van der Waals surface area contributed by atoms with Crippen molar-refractivity contribution in [2.75, 3.05) is 26.9 Å². The maximum atomic E-state index is 5.55. The van der Waals surface area contributed by atoms with Crippen LogP contribution in [0.1, 0.15) is 19.8 Å². The van der Waals surface area contributed by atoms with Crippen LogP contribution < -0.4 is 5.32 Å². The fourth-order valence-corrected chi connectivity index (χ4v) is 1.36. The molecule has 1 aliphatic heterocycles. The third-order valence-corrected chi connectivity index (χ3v) is 2.14. The fraction of sp³-hybridized carbons (Fsp3) is 0.800. The summed E-state index contributed by atoms with van der Waals surface area (Å²) in [7, 11) is 1.93. The largest absolute Gasteiger partial charge is 0.497 e. The molecule has 0 aromatic rings. The minimum atomic E-state index is 0.222. The Kier molecular flexibility index (Phi) is 4.86. The van der Waals surface area contributed by atoms with Crippen LogP contribution in [0.25, 0.3) is 0 Å². The van der Waals surface area contributed by atoms with Crippen LogP contribution in [0.5, 0.6) is 0 Å². The van der Waals surface area contributed by atoms with Crippen molar-refractivity contribution in [3.63, 3.8) is 0 Å². The Morgan fingerprint density at radius 3 is 3.08 bits per heavy atom. The molecule has 0 aromatic carbocycles. The van der Waals surface area contributed by atoms with Gasteiger partial charge in [0.05, 0.1) is 19.3 Å². The second-order valence-corrected chi connectivity index (χ2v) is 3.10. The molecule has 1 heterocycles. The van der Waals surface area contributed by atoms with Gasteiger partial charge in [-0.3, -0.25) is 0 Å². The molecule has 1 unspecified atom stereocenters. The normalized spacial score (nSPS) is 19.1. The Morgan fingerprint density at radius 1 is 1.69 bits per heavy atom. The summed E-state index contributed by atoms with van der Waals surface area (Å²) in [6, 6.07) is 0.222. The van der Waals surface area contributed by atoms with Crippen LogP contribution in [0.3, 0.4) is 0 Å². The van der Waals surface area contributed by atoms with Gasteiger partial charge in [0, 0.05) is 6.61 Å². The van der Waals surface area contributed by atoms with Gasteiger partial charge >= 0.3 is 0 Å². The Morgan fingerprint density at radius 2 is 2.54 bits per heavy atom. The zero-order valence-electron chi connectivity index (χ0n) is 8.51. The average Bonchev–Trinajstić information content (AvgIpc) is 2.21. The van der Waals surface area contributed by atoms with Gasteiger partial charge in [-0.05, 0) is 32.9 Å².